The van der Waals surface area contributed by atoms with Gasteiger partial charge >= 0.3 is 5.97 Å². The summed E-state index contributed by atoms with van der Waals surface area (Å²) in [6, 6.07) is 11.5. The Morgan fingerprint density at radius 1 is 1.04 bits per heavy atom. The fraction of sp³-hybridized carbons (Fsp3) is 0.300. The number of benzene rings is 1. The molecular formula is C20H23N3O5. The summed E-state index contributed by atoms with van der Waals surface area (Å²) in [4.78, 5) is 40.3. The van der Waals surface area contributed by atoms with E-state index in [1.165, 1.54) is 25.4 Å². The van der Waals surface area contributed by atoms with E-state index in [2.05, 4.69) is 15.6 Å². The van der Waals surface area contributed by atoms with Gasteiger partial charge in [-0.1, -0.05) is 18.2 Å². The number of hydrogen-bond acceptors (Lipinski definition) is 6. The number of ether oxygens (including phenoxy) is 2. The molecule has 0 aliphatic rings. The molecule has 2 N–H and O–H groups in total. The van der Waals surface area contributed by atoms with Gasteiger partial charge in [-0.05, 0) is 31.2 Å². The van der Waals surface area contributed by atoms with Crippen molar-refractivity contribution >= 4 is 17.8 Å². The Hall–Kier alpha value is -3.26. The molecule has 0 aliphatic heterocycles. The predicted octanol–water partition coefficient (Wildman–Crippen LogP) is 1.43. The van der Waals surface area contributed by atoms with Crippen molar-refractivity contribution in [3.63, 3.8) is 0 Å². The Kier molecular flexibility index (Phi) is 8.11. The first-order valence-corrected chi connectivity index (χ1v) is 8.78. The highest BCUT2D eigenvalue weighted by molar-refractivity contribution is 5.98. The monoisotopic (exact) mass is 385 g/mol. The molecule has 0 saturated carbocycles. The van der Waals surface area contributed by atoms with E-state index < -0.39 is 23.9 Å². The molecule has 2 rings (SSSR count). The number of methoxy groups -OCH3 is 1. The lowest BCUT2D eigenvalue weighted by Gasteiger charge is -2.14. The van der Waals surface area contributed by atoms with Crippen molar-refractivity contribution in [2.75, 3.05) is 26.8 Å². The molecule has 148 valence electrons. The highest BCUT2D eigenvalue weighted by Gasteiger charge is 2.15. The second kappa shape index (κ2) is 10.8. The number of aromatic nitrogens is 1. The topological polar surface area (TPSA) is 107 Å². The van der Waals surface area contributed by atoms with E-state index in [9.17, 15) is 14.4 Å². The largest absolute Gasteiger partial charge is 0.457 e. The maximum Gasteiger partial charge on any atom is 0.338 e. The minimum atomic E-state index is -0.518. The predicted molar refractivity (Wildman–Crippen MR) is 102 cm³/mol. The van der Waals surface area contributed by atoms with Crippen molar-refractivity contribution in [2.24, 2.45) is 0 Å². The number of nitrogens with zero attached hydrogens (tertiary/aromatic N) is 1. The number of amides is 2. The van der Waals surface area contributed by atoms with Crippen LogP contribution in [0.5, 0.6) is 0 Å². The van der Waals surface area contributed by atoms with Crippen molar-refractivity contribution in [2.45, 2.75) is 13.0 Å². The lowest BCUT2D eigenvalue weighted by Crippen LogP contribution is -2.33. The molecule has 1 unspecified atom stereocenters. The first-order chi connectivity index (χ1) is 13.5. The SMILES string of the molecule is COCCNC(=O)c1cc(C(=O)NCC(C)OC(=O)c2ccccc2)ccn1. The number of hydrogen-bond donors (Lipinski definition) is 2. The number of rotatable bonds is 9. The highest BCUT2D eigenvalue weighted by Crippen LogP contribution is 2.05. The first kappa shape index (κ1) is 21.0. The Labute approximate surface area is 163 Å². The highest BCUT2D eigenvalue weighted by atomic mass is 16.5. The van der Waals surface area contributed by atoms with E-state index in [4.69, 9.17) is 9.47 Å². The fourth-order valence-corrected chi connectivity index (χ4v) is 2.26. The van der Waals surface area contributed by atoms with Gasteiger partial charge in [-0.2, -0.15) is 0 Å². The number of carbonyl (C=O) groups is 3. The van der Waals surface area contributed by atoms with Crippen LogP contribution in [0, 0.1) is 0 Å². The van der Waals surface area contributed by atoms with Crippen LogP contribution in [0.2, 0.25) is 0 Å². The lowest BCUT2D eigenvalue weighted by atomic mass is 10.2. The molecule has 1 atom stereocenters. The van der Waals surface area contributed by atoms with Crippen LogP contribution in [0.15, 0.2) is 48.7 Å². The normalized spacial score (nSPS) is 11.4. The zero-order valence-corrected chi connectivity index (χ0v) is 15.8. The summed E-state index contributed by atoms with van der Waals surface area (Å²) in [6.07, 6.45) is 0.870. The molecule has 1 aromatic heterocycles. The quantitative estimate of drug-likeness (QED) is 0.500. The van der Waals surface area contributed by atoms with Crippen LogP contribution < -0.4 is 10.6 Å². The van der Waals surface area contributed by atoms with Crippen LogP contribution in [0.3, 0.4) is 0 Å². The van der Waals surface area contributed by atoms with Crippen molar-refractivity contribution < 1.29 is 23.9 Å². The molecule has 8 nitrogen and oxygen atoms in total. The minimum Gasteiger partial charge on any atom is -0.457 e. The Bertz CT molecular complexity index is 810. The van der Waals surface area contributed by atoms with Crippen LogP contribution in [-0.4, -0.2) is 55.7 Å². The van der Waals surface area contributed by atoms with Crippen LogP contribution in [0.4, 0.5) is 0 Å². The van der Waals surface area contributed by atoms with Crippen LogP contribution in [-0.2, 0) is 9.47 Å². The average molecular weight is 385 g/mol. The molecule has 2 aromatic rings. The maximum atomic E-state index is 12.3. The van der Waals surface area contributed by atoms with Gasteiger partial charge in [0.05, 0.1) is 18.7 Å². The lowest BCUT2D eigenvalue weighted by molar-refractivity contribution is 0.0337. The molecule has 0 radical (unpaired) electrons. The molecule has 0 spiro atoms. The molecule has 0 aliphatic carbocycles. The number of pyridine rings is 1. The molecule has 8 heteroatoms. The zero-order valence-electron chi connectivity index (χ0n) is 15.8. The summed E-state index contributed by atoms with van der Waals surface area (Å²) in [7, 11) is 1.54. The summed E-state index contributed by atoms with van der Waals surface area (Å²) in [5.41, 5.74) is 0.861. The van der Waals surface area contributed by atoms with Gasteiger partial charge in [0, 0.05) is 25.4 Å². The summed E-state index contributed by atoms with van der Waals surface area (Å²) < 4.78 is 10.2. The third-order valence-electron chi connectivity index (χ3n) is 3.71. The second-order valence-electron chi connectivity index (χ2n) is 5.97. The Balaban J connectivity index is 1.86. The molecule has 0 fully saturated rings. The molecule has 0 saturated heterocycles. The molecule has 2 amide bonds. The van der Waals surface area contributed by atoms with Gasteiger partial charge < -0.3 is 20.1 Å². The number of esters is 1. The summed E-state index contributed by atoms with van der Waals surface area (Å²) in [5.74, 6) is -1.24. The smallest absolute Gasteiger partial charge is 0.338 e. The molecule has 1 heterocycles. The zero-order chi connectivity index (χ0) is 20.4. The number of nitrogens with one attached hydrogen (secondary N) is 2. The third-order valence-corrected chi connectivity index (χ3v) is 3.71. The van der Waals surface area contributed by atoms with Crippen molar-refractivity contribution in [1.82, 2.24) is 15.6 Å². The van der Waals surface area contributed by atoms with E-state index in [1.54, 1.807) is 37.3 Å². The summed E-state index contributed by atoms with van der Waals surface area (Å²) >= 11 is 0. The van der Waals surface area contributed by atoms with Crippen LogP contribution in [0.1, 0.15) is 38.1 Å². The summed E-state index contributed by atoms with van der Waals surface area (Å²) in [6.45, 7) is 2.54. The minimum absolute atomic E-state index is 0.132. The van der Waals surface area contributed by atoms with Crippen molar-refractivity contribution in [3.05, 3.63) is 65.5 Å². The van der Waals surface area contributed by atoms with Gasteiger partial charge in [0.2, 0.25) is 0 Å². The first-order valence-electron chi connectivity index (χ1n) is 8.78. The standard InChI is InChI=1S/C20H23N3O5/c1-14(28-20(26)15-6-4-3-5-7-15)13-23-18(24)16-8-9-21-17(12-16)19(25)22-10-11-27-2/h3-9,12,14H,10-11,13H2,1-2H3,(H,22,25)(H,23,24). The van der Waals surface area contributed by atoms with Crippen LogP contribution >= 0.6 is 0 Å². The van der Waals surface area contributed by atoms with Crippen molar-refractivity contribution in [1.29, 1.82) is 0 Å². The summed E-state index contributed by atoms with van der Waals surface area (Å²) in [5, 5.41) is 5.32. The molecule has 28 heavy (non-hydrogen) atoms. The van der Waals surface area contributed by atoms with Gasteiger partial charge in [-0.25, -0.2) is 4.79 Å². The van der Waals surface area contributed by atoms with E-state index in [0.717, 1.165) is 0 Å². The Morgan fingerprint density at radius 3 is 2.50 bits per heavy atom. The number of carbonyl (C=O) groups excluding carboxylic acids is 3. The maximum absolute atomic E-state index is 12.3. The van der Waals surface area contributed by atoms with E-state index in [-0.39, 0.29) is 17.8 Å². The van der Waals surface area contributed by atoms with E-state index in [0.29, 0.717) is 18.7 Å². The van der Waals surface area contributed by atoms with E-state index >= 15 is 0 Å². The van der Waals surface area contributed by atoms with Gasteiger partial charge in [0.1, 0.15) is 11.8 Å². The Morgan fingerprint density at radius 2 is 1.79 bits per heavy atom. The third kappa shape index (κ3) is 6.48. The average Bonchev–Trinajstić information content (AvgIpc) is 2.72. The second-order valence-corrected chi connectivity index (χ2v) is 5.97. The van der Waals surface area contributed by atoms with Gasteiger partial charge in [-0.15, -0.1) is 0 Å². The van der Waals surface area contributed by atoms with Gasteiger partial charge in [-0.3, -0.25) is 14.6 Å². The van der Waals surface area contributed by atoms with Gasteiger partial charge in [0.25, 0.3) is 11.8 Å². The van der Waals surface area contributed by atoms with Crippen molar-refractivity contribution in [3.8, 4) is 0 Å². The fourth-order valence-electron chi connectivity index (χ4n) is 2.26. The molecule has 0 bridgehead atoms. The molecule has 1 aromatic carbocycles. The van der Waals surface area contributed by atoms with E-state index in [1.807, 2.05) is 0 Å². The molecular weight excluding hydrogens is 362 g/mol. The van der Waals surface area contributed by atoms with Gasteiger partial charge in [0.15, 0.2) is 0 Å². The van der Waals surface area contributed by atoms with Crippen LogP contribution in [0.25, 0.3) is 0 Å².